The van der Waals surface area contributed by atoms with Gasteiger partial charge in [0.15, 0.2) is 0 Å². The molecule has 0 aliphatic carbocycles. The van der Waals surface area contributed by atoms with Crippen LogP contribution in [0.25, 0.3) is 10.8 Å². The Hall–Kier alpha value is -1.39. The lowest BCUT2D eigenvalue weighted by Crippen LogP contribution is -2.11. The van der Waals surface area contributed by atoms with E-state index in [0.29, 0.717) is 38.8 Å². The van der Waals surface area contributed by atoms with Crippen molar-refractivity contribution < 1.29 is 23.1 Å². The van der Waals surface area contributed by atoms with Gasteiger partial charge in [-0.3, -0.25) is 4.52 Å². The van der Waals surface area contributed by atoms with Crippen molar-refractivity contribution in [2.24, 2.45) is 0 Å². The topological polar surface area (TPSA) is 54.0 Å². The van der Waals surface area contributed by atoms with Crippen LogP contribution in [0.1, 0.15) is 97.3 Å². The van der Waals surface area contributed by atoms with Crippen LogP contribution in [0, 0.1) is 0 Å². The molecule has 0 spiro atoms. The second kappa shape index (κ2) is 20.6. The van der Waals surface area contributed by atoms with E-state index in [-0.39, 0.29) is 6.16 Å². The minimum Gasteiger partial charge on any atom is -0.424 e. The van der Waals surface area contributed by atoms with E-state index >= 15 is 0 Å². The van der Waals surface area contributed by atoms with Gasteiger partial charge in [-0.25, -0.2) is 4.57 Å². The first-order valence-electron chi connectivity index (χ1n) is 14.7. The summed E-state index contributed by atoms with van der Waals surface area (Å²) in [5, 5.41) is 1.99. The molecule has 2 aromatic rings. The van der Waals surface area contributed by atoms with Crippen LogP contribution in [0.3, 0.4) is 0 Å². The van der Waals surface area contributed by atoms with Crippen molar-refractivity contribution in [1.29, 1.82) is 0 Å². The van der Waals surface area contributed by atoms with Gasteiger partial charge < -0.3 is 14.0 Å². The number of benzene rings is 2. The highest BCUT2D eigenvalue weighted by Crippen LogP contribution is 2.49. The van der Waals surface area contributed by atoms with Gasteiger partial charge in [0.2, 0.25) is 0 Å². The number of unbranched alkanes of at least 4 members (excludes halogenated alkanes) is 12. The van der Waals surface area contributed by atoms with Crippen LogP contribution in [0.4, 0.5) is 0 Å². The molecular weight excluding hydrogens is 483 g/mol. The molecule has 2 aromatic carbocycles. The number of ether oxygens (including phenoxy) is 2. The van der Waals surface area contributed by atoms with E-state index in [4.69, 9.17) is 18.5 Å². The Labute approximate surface area is 226 Å². The van der Waals surface area contributed by atoms with Crippen molar-refractivity contribution in [1.82, 2.24) is 0 Å². The molecule has 0 aliphatic rings. The van der Waals surface area contributed by atoms with Gasteiger partial charge in [0, 0.05) is 12.0 Å². The first kappa shape index (κ1) is 31.8. The average molecular weight is 535 g/mol. The first-order chi connectivity index (χ1) is 18.2. The Morgan fingerprint density at radius 3 is 1.89 bits per heavy atom. The largest absolute Gasteiger partial charge is 0.424 e. The van der Waals surface area contributed by atoms with Gasteiger partial charge >= 0.3 is 7.60 Å². The summed E-state index contributed by atoms with van der Waals surface area (Å²) in [6.07, 6.45) is 17.0. The zero-order valence-electron chi connectivity index (χ0n) is 23.5. The van der Waals surface area contributed by atoms with Crippen molar-refractivity contribution in [2.75, 3.05) is 39.2 Å². The standard InChI is InChI=1S/C31H51O5P/c1-3-5-6-7-8-9-10-11-12-13-14-15-18-24-35-37(32,28-27-34-26-25-33-4-2)36-31-23-19-21-29-20-16-17-22-30(29)31/h16-17,19-23H,3-15,18,24-28H2,1-2H3. The third-order valence-corrected chi connectivity index (χ3v) is 8.39. The van der Waals surface area contributed by atoms with Crippen LogP contribution >= 0.6 is 7.60 Å². The molecule has 1 atom stereocenters. The fraction of sp³-hybridized carbons (Fsp3) is 0.677. The SMILES string of the molecule is CCCCCCCCCCCCCCCOP(=O)(CCOCCOCC)Oc1cccc2ccccc12. The summed E-state index contributed by atoms with van der Waals surface area (Å²) in [7, 11) is -3.35. The summed E-state index contributed by atoms with van der Waals surface area (Å²) in [4.78, 5) is 0. The predicted octanol–water partition coefficient (Wildman–Crippen LogP) is 9.57. The highest BCUT2D eigenvalue weighted by Gasteiger charge is 2.27. The molecule has 0 amide bonds. The zero-order valence-corrected chi connectivity index (χ0v) is 24.4. The molecule has 0 saturated heterocycles. The number of hydrogen-bond acceptors (Lipinski definition) is 5. The minimum absolute atomic E-state index is 0.223. The molecule has 0 fully saturated rings. The highest BCUT2D eigenvalue weighted by atomic mass is 31.2. The van der Waals surface area contributed by atoms with Gasteiger partial charge in [-0.2, -0.15) is 0 Å². The normalized spacial score (nSPS) is 13.1. The summed E-state index contributed by atoms with van der Waals surface area (Å²) >= 11 is 0. The maximum Gasteiger partial charge on any atom is 0.381 e. The molecule has 0 saturated carbocycles. The van der Waals surface area contributed by atoms with E-state index < -0.39 is 7.60 Å². The molecule has 2 rings (SSSR count). The average Bonchev–Trinajstić information content (AvgIpc) is 2.91. The molecular formula is C31H51O5P. The first-order valence-corrected chi connectivity index (χ1v) is 16.5. The second-order valence-corrected chi connectivity index (χ2v) is 11.9. The summed E-state index contributed by atoms with van der Waals surface area (Å²) in [5.41, 5.74) is 0. The van der Waals surface area contributed by atoms with Crippen LogP contribution in [0.15, 0.2) is 42.5 Å². The molecule has 0 aliphatic heterocycles. The van der Waals surface area contributed by atoms with Gasteiger partial charge in [-0.1, -0.05) is 120 Å². The Bertz CT molecular complexity index is 866. The predicted molar refractivity (Wildman–Crippen MR) is 156 cm³/mol. The third-order valence-electron chi connectivity index (χ3n) is 6.61. The summed E-state index contributed by atoms with van der Waals surface area (Å²) in [5.74, 6) is 0.598. The molecule has 6 heteroatoms. The van der Waals surface area contributed by atoms with Crippen LogP contribution in [0.5, 0.6) is 5.75 Å². The van der Waals surface area contributed by atoms with Crippen molar-refractivity contribution in [3.8, 4) is 5.75 Å². The Morgan fingerprint density at radius 2 is 1.22 bits per heavy atom. The minimum atomic E-state index is -3.35. The van der Waals surface area contributed by atoms with E-state index in [0.717, 1.165) is 23.6 Å². The van der Waals surface area contributed by atoms with Crippen molar-refractivity contribution in [2.45, 2.75) is 97.3 Å². The lowest BCUT2D eigenvalue weighted by molar-refractivity contribution is 0.0576. The van der Waals surface area contributed by atoms with Gasteiger partial charge in [0.1, 0.15) is 5.75 Å². The Kier molecular flexibility index (Phi) is 17.7. The van der Waals surface area contributed by atoms with E-state index in [9.17, 15) is 4.57 Å². The smallest absolute Gasteiger partial charge is 0.381 e. The van der Waals surface area contributed by atoms with Crippen LogP contribution in [0.2, 0.25) is 0 Å². The van der Waals surface area contributed by atoms with Gasteiger partial charge in [-0.05, 0) is 24.8 Å². The molecule has 1 unspecified atom stereocenters. The second-order valence-electron chi connectivity index (χ2n) is 9.79. The fourth-order valence-corrected chi connectivity index (χ4v) is 5.92. The van der Waals surface area contributed by atoms with E-state index in [1.807, 2.05) is 49.4 Å². The summed E-state index contributed by atoms with van der Waals surface area (Å²) < 4.78 is 36.6. The van der Waals surface area contributed by atoms with Crippen LogP contribution in [-0.4, -0.2) is 39.2 Å². The highest BCUT2D eigenvalue weighted by molar-refractivity contribution is 7.54. The van der Waals surface area contributed by atoms with Gasteiger partial charge in [0.05, 0.1) is 32.6 Å². The van der Waals surface area contributed by atoms with Gasteiger partial charge in [0.25, 0.3) is 0 Å². The van der Waals surface area contributed by atoms with Crippen molar-refractivity contribution in [3.63, 3.8) is 0 Å². The summed E-state index contributed by atoms with van der Waals surface area (Å²) in [6.45, 7) is 6.65. The van der Waals surface area contributed by atoms with Gasteiger partial charge in [-0.15, -0.1) is 0 Å². The molecule has 0 radical (unpaired) electrons. The molecule has 0 heterocycles. The quantitative estimate of drug-likeness (QED) is 0.0991. The Morgan fingerprint density at radius 1 is 0.622 bits per heavy atom. The van der Waals surface area contributed by atoms with Crippen LogP contribution in [-0.2, 0) is 18.6 Å². The molecule has 5 nitrogen and oxygen atoms in total. The van der Waals surface area contributed by atoms with Crippen LogP contribution < -0.4 is 4.52 Å². The Balaban J connectivity index is 1.70. The fourth-order valence-electron chi connectivity index (χ4n) is 4.43. The number of fused-ring (bicyclic) bond motifs is 1. The third kappa shape index (κ3) is 14.4. The lowest BCUT2D eigenvalue weighted by Gasteiger charge is -2.20. The van der Waals surface area contributed by atoms with Crippen molar-refractivity contribution in [3.05, 3.63) is 42.5 Å². The summed E-state index contributed by atoms with van der Waals surface area (Å²) in [6, 6.07) is 13.8. The molecule has 0 N–H and O–H groups in total. The molecule has 210 valence electrons. The number of hydrogen-bond donors (Lipinski definition) is 0. The molecule has 0 aromatic heterocycles. The van der Waals surface area contributed by atoms with E-state index in [1.165, 1.54) is 70.6 Å². The maximum absolute atomic E-state index is 13.7. The lowest BCUT2D eigenvalue weighted by atomic mass is 10.0. The van der Waals surface area contributed by atoms with Crippen molar-refractivity contribution >= 4 is 18.4 Å². The number of rotatable bonds is 24. The van der Waals surface area contributed by atoms with E-state index in [1.54, 1.807) is 0 Å². The monoisotopic (exact) mass is 534 g/mol. The van der Waals surface area contributed by atoms with E-state index in [2.05, 4.69) is 6.92 Å². The maximum atomic E-state index is 13.7. The molecule has 0 bridgehead atoms. The zero-order chi connectivity index (χ0) is 26.4. The molecule has 37 heavy (non-hydrogen) atoms.